The van der Waals surface area contributed by atoms with Gasteiger partial charge in [0.1, 0.15) is 0 Å². The molecule has 0 aliphatic carbocycles. The first-order valence-electron chi connectivity index (χ1n) is 5.16. The van der Waals surface area contributed by atoms with E-state index in [1.165, 1.54) is 0 Å². The number of ether oxygens (including phenoxy) is 1. The van der Waals surface area contributed by atoms with Gasteiger partial charge in [0.2, 0.25) is 0 Å². The van der Waals surface area contributed by atoms with Crippen molar-refractivity contribution >= 4 is 0 Å². The molecule has 2 nitrogen and oxygen atoms in total. The first-order valence-corrected chi connectivity index (χ1v) is 5.16. The molecule has 0 atom stereocenters. The topological polar surface area (TPSA) is 12.5 Å². The van der Waals surface area contributed by atoms with Crippen molar-refractivity contribution in [3.05, 3.63) is 12.2 Å². The number of likely N-dealkylation sites (N-methyl/N-ethyl adjacent to an activating group) is 1. The summed E-state index contributed by atoms with van der Waals surface area (Å²) < 4.78 is 5.89. The van der Waals surface area contributed by atoms with Gasteiger partial charge in [-0.15, -0.1) is 0 Å². The van der Waals surface area contributed by atoms with Gasteiger partial charge in [0.15, 0.2) is 0 Å². The molecule has 0 aromatic heterocycles. The lowest BCUT2D eigenvalue weighted by Crippen LogP contribution is -2.61. The molecule has 0 radical (unpaired) electrons. The SMILES string of the molecule is C/C=C/CC1(OCCC)CN(C)C1. The van der Waals surface area contributed by atoms with Crippen molar-refractivity contribution in [2.75, 3.05) is 26.7 Å². The fraction of sp³-hybridized carbons (Fsp3) is 0.818. The van der Waals surface area contributed by atoms with Crippen molar-refractivity contribution in [3.63, 3.8) is 0 Å². The van der Waals surface area contributed by atoms with Crippen LogP contribution in [0.1, 0.15) is 26.7 Å². The molecule has 1 fully saturated rings. The van der Waals surface area contributed by atoms with Crippen LogP contribution in [0.4, 0.5) is 0 Å². The van der Waals surface area contributed by atoms with E-state index in [1.807, 2.05) is 0 Å². The van der Waals surface area contributed by atoms with E-state index in [0.717, 1.165) is 32.5 Å². The number of likely N-dealkylation sites (tertiary alicyclic amines) is 1. The van der Waals surface area contributed by atoms with E-state index in [4.69, 9.17) is 4.74 Å². The maximum atomic E-state index is 5.89. The normalized spacial score (nSPS) is 22.1. The maximum absolute atomic E-state index is 5.89. The van der Waals surface area contributed by atoms with Gasteiger partial charge < -0.3 is 9.64 Å². The fourth-order valence-corrected chi connectivity index (χ4v) is 1.87. The predicted molar refractivity (Wildman–Crippen MR) is 55.9 cm³/mol. The average molecular weight is 183 g/mol. The van der Waals surface area contributed by atoms with E-state index < -0.39 is 0 Å². The molecule has 1 aliphatic rings. The zero-order valence-electron chi connectivity index (χ0n) is 9.05. The number of allylic oxidation sites excluding steroid dienone is 1. The van der Waals surface area contributed by atoms with Crippen molar-refractivity contribution in [2.24, 2.45) is 0 Å². The Kier molecular flexibility index (Phi) is 3.94. The molecule has 0 bridgehead atoms. The lowest BCUT2D eigenvalue weighted by molar-refractivity contribution is -0.133. The summed E-state index contributed by atoms with van der Waals surface area (Å²) >= 11 is 0. The minimum atomic E-state index is 0.136. The van der Waals surface area contributed by atoms with Crippen LogP contribution in [-0.2, 0) is 4.74 Å². The molecule has 13 heavy (non-hydrogen) atoms. The molecule has 76 valence electrons. The lowest BCUT2D eigenvalue weighted by Gasteiger charge is -2.47. The zero-order chi connectivity index (χ0) is 9.73. The van der Waals surface area contributed by atoms with Gasteiger partial charge >= 0.3 is 0 Å². The van der Waals surface area contributed by atoms with Crippen LogP contribution in [0.25, 0.3) is 0 Å². The highest BCUT2D eigenvalue weighted by Gasteiger charge is 2.40. The molecule has 1 saturated heterocycles. The molecule has 0 aromatic rings. The largest absolute Gasteiger partial charge is 0.372 e. The summed E-state index contributed by atoms with van der Waals surface area (Å²) in [5, 5.41) is 0. The van der Waals surface area contributed by atoms with E-state index >= 15 is 0 Å². The van der Waals surface area contributed by atoms with Gasteiger partial charge in [-0.3, -0.25) is 0 Å². The van der Waals surface area contributed by atoms with Crippen LogP contribution < -0.4 is 0 Å². The van der Waals surface area contributed by atoms with E-state index in [1.54, 1.807) is 0 Å². The molecule has 1 rings (SSSR count). The number of nitrogens with zero attached hydrogens (tertiary/aromatic N) is 1. The van der Waals surface area contributed by atoms with Crippen molar-refractivity contribution in [3.8, 4) is 0 Å². The molecule has 1 heterocycles. The van der Waals surface area contributed by atoms with Gasteiger partial charge in [0.05, 0.1) is 5.60 Å². The number of hydrogen-bond acceptors (Lipinski definition) is 2. The first kappa shape index (κ1) is 10.7. The second-order valence-corrected chi connectivity index (χ2v) is 3.98. The van der Waals surface area contributed by atoms with Gasteiger partial charge in [0, 0.05) is 19.7 Å². The fourth-order valence-electron chi connectivity index (χ4n) is 1.87. The predicted octanol–water partition coefficient (Wildman–Crippen LogP) is 2.06. The molecule has 0 unspecified atom stereocenters. The van der Waals surface area contributed by atoms with Gasteiger partial charge in [-0.05, 0) is 26.8 Å². The Morgan fingerprint density at radius 1 is 1.46 bits per heavy atom. The van der Waals surface area contributed by atoms with E-state index in [9.17, 15) is 0 Å². The Morgan fingerprint density at radius 2 is 2.15 bits per heavy atom. The third-order valence-corrected chi connectivity index (χ3v) is 2.45. The van der Waals surface area contributed by atoms with Crippen LogP contribution in [-0.4, -0.2) is 37.2 Å². The first-order chi connectivity index (χ1) is 6.22. The third kappa shape index (κ3) is 2.82. The van der Waals surface area contributed by atoms with Crippen LogP contribution in [0.5, 0.6) is 0 Å². The molecular weight excluding hydrogens is 162 g/mol. The number of rotatable bonds is 5. The summed E-state index contributed by atoms with van der Waals surface area (Å²) in [6.45, 7) is 7.28. The van der Waals surface area contributed by atoms with E-state index in [-0.39, 0.29) is 5.60 Å². The molecule has 0 amide bonds. The molecule has 0 saturated carbocycles. The maximum Gasteiger partial charge on any atom is 0.0968 e. The van der Waals surface area contributed by atoms with E-state index in [2.05, 4.69) is 37.9 Å². The standard InChI is InChI=1S/C11H21NO/c1-4-6-7-11(13-8-5-2)9-12(3)10-11/h4,6H,5,7-10H2,1-3H3/b6-4+. The molecular formula is C11H21NO. The summed E-state index contributed by atoms with van der Waals surface area (Å²) in [5.41, 5.74) is 0.136. The summed E-state index contributed by atoms with van der Waals surface area (Å²) in [7, 11) is 2.14. The minimum absolute atomic E-state index is 0.136. The Hall–Kier alpha value is -0.340. The van der Waals surface area contributed by atoms with Crippen LogP contribution in [0.2, 0.25) is 0 Å². The zero-order valence-corrected chi connectivity index (χ0v) is 9.05. The molecule has 0 aromatic carbocycles. The summed E-state index contributed by atoms with van der Waals surface area (Å²) in [6.07, 6.45) is 6.49. The monoisotopic (exact) mass is 183 g/mol. The Labute approximate surface area is 81.6 Å². The van der Waals surface area contributed by atoms with Gasteiger partial charge in [0.25, 0.3) is 0 Å². The van der Waals surface area contributed by atoms with Gasteiger partial charge in [-0.25, -0.2) is 0 Å². The molecule has 0 N–H and O–H groups in total. The number of hydrogen-bond donors (Lipinski definition) is 0. The minimum Gasteiger partial charge on any atom is -0.372 e. The quantitative estimate of drug-likeness (QED) is 0.605. The third-order valence-electron chi connectivity index (χ3n) is 2.45. The van der Waals surface area contributed by atoms with Crippen LogP contribution in [0, 0.1) is 0 Å². The molecule has 0 spiro atoms. The average Bonchev–Trinajstić information content (AvgIpc) is 2.08. The summed E-state index contributed by atoms with van der Waals surface area (Å²) in [6, 6.07) is 0. The van der Waals surface area contributed by atoms with Gasteiger partial charge in [-0.2, -0.15) is 0 Å². The smallest absolute Gasteiger partial charge is 0.0968 e. The second-order valence-electron chi connectivity index (χ2n) is 3.98. The van der Waals surface area contributed by atoms with Crippen molar-refractivity contribution in [1.29, 1.82) is 0 Å². The highest BCUT2D eigenvalue weighted by Crippen LogP contribution is 2.28. The second kappa shape index (κ2) is 4.77. The van der Waals surface area contributed by atoms with Crippen molar-refractivity contribution < 1.29 is 4.74 Å². The van der Waals surface area contributed by atoms with Crippen molar-refractivity contribution in [1.82, 2.24) is 4.90 Å². The lowest BCUT2D eigenvalue weighted by atomic mass is 9.90. The van der Waals surface area contributed by atoms with E-state index in [0.29, 0.717) is 0 Å². The van der Waals surface area contributed by atoms with Crippen molar-refractivity contribution in [2.45, 2.75) is 32.3 Å². The Bertz CT molecular complexity index is 171. The highest BCUT2D eigenvalue weighted by molar-refractivity contribution is 5.01. The van der Waals surface area contributed by atoms with Crippen LogP contribution >= 0.6 is 0 Å². The van der Waals surface area contributed by atoms with Crippen LogP contribution in [0.3, 0.4) is 0 Å². The van der Waals surface area contributed by atoms with Gasteiger partial charge in [-0.1, -0.05) is 19.1 Å². The molecule has 2 heteroatoms. The Balaban J connectivity index is 2.36. The molecule has 1 aliphatic heterocycles. The highest BCUT2D eigenvalue weighted by atomic mass is 16.5. The summed E-state index contributed by atoms with van der Waals surface area (Å²) in [4.78, 5) is 2.30. The summed E-state index contributed by atoms with van der Waals surface area (Å²) in [5.74, 6) is 0. The van der Waals surface area contributed by atoms with Crippen LogP contribution in [0.15, 0.2) is 12.2 Å². The Morgan fingerprint density at radius 3 is 2.62 bits per heavy atom.